The fraction of sp³-hybridized carbons (Fsp3) is 0.545. The second-order valence-corrected chi connectivity index (χ2v) is 9.01. The Morgan fingerprint density at radius 2 is 2.06 bits per heavy atom. The molecule has 11 heteroatoms. The van der Waals surface area contributed by atoms with E-state index in [-0.39, 0.29) is 42.0 Å². The van der Waals surface area contributed by atoms with Crippen LogP contribution in [-0.4, -0.2) is 64.1 Å². The Hall–Kier alpha value is -3.18. The number of hydrogen-bond acceptors (Lipinski definition) is 8. The van der Waals surface area contributed by atoms with Crippen molar-refractivity contribution in [1.82, 2.24) is 35.8 Å². The monoisotopic (exact) mass is 454 g/mol. The average Bonchev–Trinajstić information content (AvgIpc) is 3.53. The van der Waals surface area contributed by atoms with Crippen LogP contribution in [0.5, 0.6) is 5.75 Å². The third kappa shape index (κ3) is 4.02. The number of aryl methyl sites for hydroxylation is 2. The molecule has 1 aromatic heterocycles. The van der Waals surface area contributed by atoms with Gasteiger partial charge in [0.15, 0.2) is 11.6 Å². The van der Waals surface area contributed by atoms with Gasteiger partial charge in [-0.15, -0.1) is 0 Å². The number of nitrogens with one attached hydrogen (secondary N) is 4. The van der Waals surface area contributed by atoms with Crippen LogP contribution in [0.2, 0.25) is 0 Å². The number of carbonyl (C=O) groups excluding carboxylic acids is 2. The zero-order valence-corrected chi connectivity index (χ0v) is 19.3. The van der Waals surface area contributed by atoms with Gasteiger partial charge in [0.1, 0.15) is 5.82 Å². The maximum absolute atomic E-state index is 12.9. The first-order valence-corrected chi connectivity index (χ1v) is 11.3. The smallest absolute Gasteiger partial charge is 0.244 e. The van der Waals surface area contributed by atoms with Crippen LogP contribution < -0.4 is 26.1 Å². The average molecular weight is 455 g/mol. The largest absolute Gasteiger partial charge is 0.494 e. The molecular formula is C22H30N8O3. The highest BCUT2D eigenvalue weighted by molar-refractivity contribution is 5.84. The van der Waals surface area contributed by atoms with Crippen molar-refractivity contribution >= 4 is 17.5 Å². The minimum absolute atomic E-state index is 0.00546. The molecule has 1 saturated carbocycles. The molecule has 2 aromatic rings. The van der Waals surface area contributed by atoms with E-state index in [1.54, 1.807) is 18.8 Å². The molecule has 3 heterocycles. The van der Waals surface area contributed by atoms with Crippen LogP contribution in [-0.2, 0) is 16.6 Å². The van der Waals surface area contributed by atoms with Crippen LogP contribution >= 0.6 is 0 Å². The maximum Gasteiger partial charge on any atom is 0.244 e. The first kappa shape index (κ1) is 21.7. The van der Waals surface area contributed by atoms with E-state index in [0.717, 1.165) is 29.9 Å². The van der Waals surface area contributed by atoms with Crippen molar-refractivity contribution in [3.63, 3.8) is 0 Å². The minimum Gasteiger partial charge on any atom is -0.494 e. The van der Waals surface area contributed by atoms with E-state index in [2.05, 4.69) is 31.5 Å². The first-order chi connectivity index (χ1) is 15.9. The molecule has 4 unspecified atom stereocenters. The summed E-state index contributed by atoms with van der Waals surface area (Å²) in [5, 5.41) is 16.0. The summed E-state index contributed by atoms with van der Waals surface area (Å²) in [4.78, 5) is 29.8. The number of benzene rings is 1. The summed E-state index contributed by atoms with van der Waals surface area (Å²) in [6.45, 7) is 1.89. The van der Waals surface area contributed by atoms with Crippen LogP contribution in [0.1, 0.15) is 25.1 Å². The SMILES string of the molecule is COc1c(NC2CC(NC(=O)C3CC3)NC3NN(C)C(=O)C23)cccc1-c1nc(C)n(C)n1. The summed E-state index contributed by atoms with van der Waals surface area (Å²) in [7, 11) is 5.17. The van der Waals surface area contributed by atoms with Gasteiger partial charge in [-0.3, -0.25) is 24.6 Å². The molecule has 4 atom stereocenters. The molecule has 0 bridgehead atoms. The zero-order valence-electron chi connectivity index (χ0n) is 19.3. The normalized spacial score (nSPS) is 26.8. The Balaban J connectivity index is 1.43. The molecule has 2 amide bonds. The molecule has 0 spiro atoms. The third-order valence-corrected chi connectivity index (χ3v) is 6.66. The highest BCUT2D eigenvalue weighted by Gasteiger charge is 2.49. The standard InChI is InChI=1S/C22H30N8O3/c1-11-23-19(27-29(11)2)13-6-5-7-14(18(13)33-4)24-15-10-16(26-21(31)12-8-9-12)25-20-17(15)22(32)30(3)28-20/h5-7,12,15-17,20,24-25,28H,8-10H2,1-4H3,(H,26,31). The molecule has 3 aliphatic rings. The number of ether oxygens (including phenoxy) is 1. The number of nitrogens with zero attached hydrogens (tertiary/aromatic N) is 4. The van der Waals surface area contributed by atoms with E-state index in [1.165, 1.54) is 5.01 Å². The van der Waals surface area contributed by atoms with Gasteiger partial charge in [-0.05, 0) is 31.9 Å². The molecule has 2 aliphatic heterocycles. The van der Waals surface area contributed by atoms with Crippen molar-refractivity contribution in [1.29, 1.82) is 0 Å². The van der Waals surface area contributed by atoms with Gasteiger partial charge in [0.2, 0.25) is 11.8 Å². The van der Waals surface area contributed by atoms with Crippen molar-refractivity contribution in [2.24, 2.45) is 18.9 Å². The van der Waals surface area contributed by atoms with Crippen LogP contribution in [0.15, 0.2) is 18.2 Å². The lowest BCUT2D eigenvalue weighted by atomic mass is 9.88. The fourth-order valence-corrected chi connectivity index (χ4v) is 4.66. The van der Waals surface area contributed by atoms with E-state index in [0.29, 0.717) is 18.0 Å². The molecule has 176 valence electrons. The fourth-order valence-electron chi connectivity index (χ4n) is 4.66. The lowest BCUT2D eigenvalue weighted by Crippen LogP contribution is -2.63. The van der Waals surface area contributed by atoms with Gasteiger partial charge < -0.3 is 15.4 Å². The van der Waals surface area contributed by atoms with E-state index >= 15 is 0 Å². The highest BCUT2D eigenvalue weighted by atomic mass is 16.5. The quantitative estimate of drug-likeness (QED) is 0.493. The van der Waals surface area contributed by atoms with Gasteiger partial charge in [0.05, 0.1) is 36.6 Å². The number of hydrogen-bond donors (Lipinski definition) is 4. The summed E-state index contributed by atoms with van der Waals surface area (Å²) in [5.74, 6) is 1.82. The summed E-state index contributed by atoms with van der Waals surface area (Å²) >= 11 is 0. The van der Waals surface area contributed by atoms with E-state index in [1.807, 2.05) is 32.2 Å². The molecule has 1 aliphatic carbocycles. The molecule has 3 fully saturated rings. The first-order valence-electron chi connectivity index (χ1n) is 11.3. The minimum atomic E-state index is -0.340. The number of piperidine rings is 1. The van der Waals surface area contributed by atoms with Gasteiger partial charge >= 0.3 is 0 Å². The molecular weight excluding hydrogens is 424 g/mol. The molecule has 11 nitrogen and oxygen atoms in total. The van der Waals surface area contributed by atoms with Crippen LogP contribution in [0.25, 0.3) is 11.4 Å². The number of amides is 2. The van der Waals surface area contributed by atoms with E-state index < -0.39 is 0 Å². The number of hydrazine groups is 1. The predicted octanol–water partition coefficient (Wildman–Crippen LogP) is 0.344. The second kappa shape index (κ2) is 8.31. The van der Waals surface area contributed by atoms with Gasteiger partial charge in [0.25, 0.3) is 0 Å². The Morgan fingerprint density at radius 1 is 1.27 bits per heavy atom. The zero-order chi connectivity index (χ0) is 23.3. The Kier molecular flexibility index (Phi) is 5.45. The second-order valence-electron chi connectivity index (χ2n) is 9.01. The number of para-hydroxylation sites is 1. The van der Waals surface area contributed by atoms with Gasteiger partial charge in [-0.2, -0.15) is 5.10 Å². The van der Waals surface area contributed by atoms with Crippen molar-refractivity contribution in [2.75, 3.05) is 19.5 Å². The topological polar surface area (TPSA) is 125 Å². The Labute approximate surface area is 192 Å². The molecule has 33 heavy (non-hydrogen) atoms. The summed E-state index contributed by atoms with van der Waals surface area (Å²) in [6.07, 6.45) is 1.90. The summed E-state index contributed by atoms with van der Waals surface area (Å²) in [6, 6.07) is 5.52. The number of anilines is 1. The molecule has 4 N–H and O–H groups in total. The van der Waals surface area contributed by atoms with E-state index in [9.17, 15) is 9.59 Å². The predicted molar refractivity (Wildman–Crippen MR) is 121 cm³/mol. The molecule has 1 aromatic carbocycles. The van der Waals surface area contributed by atoms with Gasteiger partial charge in [-0.1, -0.05) is 6.07 Å². The van der Waals surface area contributed by atoms with Crippen LogP contribution in [0.3, 0.4) is 0 Å². The Morgan fingerprint density at radius 3 is 2.73 bits per heavy atom. The van der Waals surface area contributed by atoms with E-state index in [4.69, 9.17) is 4.74 Å². The lowest BCUT2D eigenvalue weighted by Gasteiger charge is -2.38. The molecule has 2 saturated heterocycles. The number of aromatic nitrogens is 3. The lowest BCUT2D eigenvalue weighted by molar-refractivity contribution is -0.131. The van der Waals surface area contributed by atoms with Gasteiger partial charge in [0, 0.05) is 32.5 Å². The number of carbonyl (C=O) groups is 2. The summed E-state index contributed by atoms with van der Waals surface area (Å²) in [5.41, 5.74) is 4.69. The number of rotatable bonds is 6. The maximum atomic E-state index is 12.9. The third-order valence-electron chi connectivity index (χ3n) is 6.66. The molecule has 0 radical (unpaired) electrons. The number of methoxy groups -OCH3 is 1. The van der Waals surface area contributed by atoms with Crippen molar-refractivity contribution in [3.8, 4) is 17.1 Å². The number of fused-ring (bicyclic) bond motifs is 1. The van der Waals surface area contributed by atoms with Gasteiger partial charge in [-0.25, -0.2) is 10.4 Å². The highest BCUT2D eigenvalue weighted by Crippen LogP contribution is 2.37. The summed E-state index contributed by atoms with van der Waals surface area (Å²) < 4.78 is 7.48. The molecule has 5 rings (SSSR count). The Bertz CT molecular complexity index is 1060. The van der Waals surface area contributed by atoms with Crippen LogP contribution in [0, 0.1) is 18.8 Å². The van der Waals surface area contributed by atoms with Crippen molar-refractivity contribution < 1.29 is 14.3 Å². The van der Waals surface area contributed by atoms with Crippen molar-refractivity contribution in [2.45, 2.75) is 44.6 Å². The van der Waals surface area contributed by atoms with Crippen molar-refractivity contribution in [3.05, 3.63) is 24.0 Å². The van der Waals surface area contributed by atoms with Crippen LogP contribution in [0.4, 0.5) is 5.69 Å².